The predicted octanol–water partition coefficient (Wildman–Crippen LogP) is 0.365. The number of rotatable bonds is 6. The van der Waals surface area contributed by atoms with E-state index in [9.17, 15) is 29.9 Å². The lowest BCUT2D eigenvalue weighted by Crippen LogP contribution is -2.30. The molecule has 0 saturated carbocycles. The molecule has 8 heteroatoms. The van der Waals surface area contributed by atoms with E-state index in [1.165, 1.54) is 13.0 Å². The molecule has 20 heavy (non-hydrogen) atoms. The summed E-state index contributed by atoms with van der Waals surface area (Å²) < 4.78 is 4.52. The number of aliphatic hydroxyl groups excluding tert-OH is 2. The molecule has 1 rings (SSSR count). The molecule has 0 bridgehead atoms. The Hall–Kier alpha value is -2.32. The van der Waals surface area contributed by atoms with E-state index in [1.807, 2.05) is 0 Å². The summed E-state index contributed by atoms with van der Waals surface area (Å²) >= 11 is 0. The van der Waals surface area contributed by atoms with Crippen molar-refractivity contribution in [2.75, 3.05) is 6.61 Å². The fraction of sp³-hybridized carbons (Fsp3) is 0.333. The molecule has 0 saturated heterocycles. The second-order valence-electron chi connectivity index (χ2n) is 3.83. The van der Waals surface area contributed by atoms with E-state index < -0.39 is 28.8 Å². The summed E-state index contributed by atoms with van der Waals surface area (Å²) in [6.07, 6.45) is -3.36. The lowest BCUT2D eigenvalue weighted by molar-refractivity contribution is -0.386. The van der Waals surface area contributed by atoms with Gasteiger partial charge in [-0.3, -0.25) is 14.9 Å². The largest absolute Gasteiger partial charge is 0.464 e. The number of aldehydes is 1. The van der Waals surface area contributed by atoms with Gasteiger partial charge in [0.05, 0.1) is 17.1 Å². The maximum atomic E-state index is 11.3. The Balaban J connectivity index is 3.14. The number of nitro groups is 1. The van der Waals surface area contributed by atoms with Gasteiger partial charge in [-0.15, -0.1) is 0 Å². The molecule has 2 atom stereocenters. The number of ether oxygens (including phenoxy) is 1. The van der Waals surface area contributed by atoms with Crippen LogP contribution in [0.5, 0.6) is 0 Å². The zero-order valence-electron chi connectivity index (χ0n) is 10.6. The summed E-state index contributed by atoms with van der Waals surface area (Å²) in [4.78, 5) is 32.0. The zero-order chi connectivity index (χ0) is 15.3. The molecule has 2 unspecified atom stereocenters. The predicted molar refractivity (Wildman–Crippen MR) is 66.1 cm³/mol. The Bertz CT molecular complexity index is 529. The summed E-state index contributed by atoms with van der Waals surface area (Å²) in [5.41, 5.74) is -0.801. The van der Waals surface area contributed by atoms with Gasteiger partial charge in [-0.1, -0.05) is 6.07 Å². The van der Waals surface area contributed by atoms with Crippen molar-refractivity contribution in [3.05, 3.63) is 39.4 Å². The molecular formula is C12H13NO7. The summed E-state index contributed by atoms with van der Waals surface area (Å²) in [7, 11) is 0. The van der Waals surface area contributed by atoms with Gasteiger partial charge in [-0.25, -0.2) is 4.79 Å². The molecule has 0 fully saturated rings. The van der Waals surface area contributed by atoms with Crippen LogP contribution < -0.4 is 0 Å². The van der Waals surface area contributed by atoms with Gasteiger partial charge in [0.2, 0.25) is 0 Å². The third kappa shape index (κ3) is 3.37. The van der Waals surface area contributed by atoms with Gasteiger partial charge in [-0.05, 0) is 13.0 Å². The van der Waals surface area contributed by atoms with Crippen LogP contribution in [0, 0.1) is 10.1 Å². The SMILES string of the molecule is CCOC(=O)C(O)C(O)c1ccc(C=O)cc1[N+](=O)[O-]. The van der Waals surface area contributed by atoms with Gasteiger partial charge >= 0.3 is 5.97 Å². The van der Waals surface area contributed by atoms with Crippen LogP contribution in [0.4, 0.5) is 5.69 Å². The summed E-state index contributed by atoms with van der Waals surface area (Å²) in [6, 6.07) is 3.29. The minimum atomic E-state index is -1.95. The monoisotopic (exact) mass is 283 g/mol. The number of hydrogen-bond acceptors (Lipinski definition) is 7. The number of nitro benzene ring substituents is 1. The molecule has 1 aromatic carbocycles. The van der Waals surface area contributed by atoms with E-state index in [-0.39, 0.29) is 17.7 Å². The van der Waals surface area contributed by atoms with Crippen molar-refractivity contribution in [3.63, 3.8) is 0 Å². The van der Waals surface area contributed by atoms with Crippen molar-refractivity contribution in [1.29, 1.82) is 0 Å². The summed E-state index contributed by atoms with van der Waals surface area (Å²) in [6.45, 7) is 1.51. The highest BCUT2D eigenvalue weighted by Gasteiger charge is 2.32. The average Bonchev–Trinajstić information content (AvgIpc) is 2.45. The first-order valence-electron chi connectivity index (χ1n) is 5.68. The summed E-state index contributed by atoms with van der Waals surface area (Å²) in [5.74, 6) is -1.09. The Morgan fingerprint density at radius 3 is 2.65 bits per heavy atom. The molecule has 0 aliphatic carbocycles. The number of aliphatic hydroxyl groups is 2. The second-order valence-corrected chi connectivity index (χ2v) is 3.83. The van der Waals surface area contributed by atoms with E-state index in [2.05, 4.69) is 4.74 Å². The van der Waals surface area contributed by atoms with Crippen LogP contribution in [0.15, 0.2) is 18.2 Å². The molecule has 0 amide bonds. The average molecular weight is 283 g/mol. The highest BCUT2D eigenvalue weighted by molar-refractivity contribution is 5.78. The highest BCUT2D eigenvalue weighted by Crippen LogP contribution is 2.28. The van der Waals surface area contributed by atoms with Crippen LogP contribution >= 0.6 is 0 Å². The number of carbonyl (C=O) groups is 2. The van der Waals surface area contributed by atoms with E-state index in [0.29, 0.717) is 6.29 Å². The maximum Gasteiger partial charge on any atom is 0.338 e. The van der Waals surface area contributed by atoms with Crippen molar-refractivity contribution in [2.24, 2.45) is 0 Å². The van der Waals surface area contributed by atoms with Gasteiger partial charge in [-0.2, -0.15) is 0 Å². The molecule has 0 aromatic heterocycles. The van der Waals surface area contributed by atoms with Crippen LogP contribution in [0.1, 0.15) is 28.9 Å². The third-order valence-electron chi connectivity index (χ3n) is 2.53. The van der Waals surface area contributed by atoms with Gasteiger partial charge in [0.1, 0.15) is 12.4 Å². The Morgan fingerprint density at radius 2 is 2.15 bits per heavy atom. The summed E-state index contributed by atoms with van der Waals surface area (Å²) in [5, 5.41) is 30.3. The first kappa shape index (κ1) is 15.7. The topological polar surface area (TPSA) is 127 Å². The fourth-order valence-electron chi connectivity index (χ4n) is 1.57. The van der Waals surface area contributed by atoms with Crippen LogP contribution in [0.25, 0.3) is 0 Å². The third-order valence-corrected chi connectivity index (χ3v) is 2.53. The number of esters is 1. The molecular weight excluding hydrogens is 270 g/mol. The maximum absolute atomic E-state index is 11.3. The smallest absolute Gasteiger partial charge is 0.338 e. The fourth-order valence-corrected chi connectivity index (χ4v) is 1.57. The minimum absolute atomic E-state index is 0.00517. The molecule has 2 N–H and O–H groups in total. The Kier molecular flexibility index (Phi) is 5.30. The molecule has 0 aliphatic heterocycles. The van der Waals surface area contributed by atoms with E-state index in [1.54, 1.807) is 0 Å². The second kappa shape index (κ2) is 6.73. The van der Waals surface area contributed by atoms with Crippen LogP contribution in [0.2, 0.25) is 0 Å². The Morgan fingerprint density at radius 1 is 1.50 bits per heavy atom. The molecule has 0 radical (unpaired) electrons. The van der Waals surface area contributed by atoms with Crippen molar-refractivity contribution < 1.29 is 29.5 Å². The number of carbonyl (C=O) groups excluding carboxylic acids is 2. The number of nitrogens with zero attached hydrogens (tertiary/aromatic N) is 1. The number of benzene rings is 1. The van der Waals surface area contributed by atoms with E-state index in [0.717, 1.165) is 12.1 Å². The van der Waals surface area contributed by atoms with Crippen molar-refractivity contribution >= 4 is 17.9 Å². The van der Waals surface area contributed by atoms with Crippen molar-refractivity contribution in [3.8, 4) is 0 Å². The molecule has 8 nitrogen and oxygen atoms in total. The highest BCUT2D eigenvalue weighted by atomic mass is 16.6. The lowest BCUT2D eigenvalue weighted by Gasteiger charge is -2.16. The molecule has 0 heterocycles. The van der Waals surface area contributed by atoms with Crippen molar-refractivity contribution in [1.82, 2.24) is 0 Å². The van der Waals surface area contributed by atoms with Gasteiger partial charge < -0.3 is 14.9 Å². The van der Waals surface area contributed by atoms with Crippen LogP contribution in [-0.2, 0) is 9.53 Å². The van der Waals surface area contributed by atoms with E-state index in [4.69, 9.17) is 0 Å². The molecule has 108 valence electrons. The zero-order valence-corrected chi connectivity index (χ0v) is 10.6. The van der Waals surface area contributed by atoms with E-state index >= 15 is 0 Å². The van der Waals surface area contributed by atoms with Gasteiger partial charge in [0.15, 0.2) is 6.10 Å². The normalized spacial score (nSPS) is 13.3. The Labute approximate surface area is 113 Å². The van der Waals surface area contributed by atoms with Crippen LogP contribution in [0.3, 0.4) is 0 Å². The van der Waals surface area contributed by atoms with Crippen molar-refractivity contribution in [2.45, 2.75) is 19.1 Å². The molecule has 0 aliphatic rings. The lowest BCUT2D eigenvalue weighted by atomic mass is 10.0. The minimum Gasteiger partial charge on any atom is -0.464 e. The van der Waals surface area contributed by atoms with Gasteiger partial charge in [0.25, 0.3) is 5.69 Å². The first-order valence-corrected chi connectivity index (χ1v) is 5.68. The number of hydrogen-bond donors (Lipinski definition) is 2. The molecule has 1 aromatic rings. The molecule has 0 spiro atoms. The first-order chi connectivity index (χ1) is 9.42. The van der Waals surface area contributed by atoms with Gasteiger partial charge in [0, 0.05) is 11.6 Å². The van der Waals surface area contributed by atoms with Crippen LogP contribution in [-0.4, -0.2) is 40.1 Å². The standard InChI is InChI=1S/C12H13NO7/c1-2-20-12(17)11(16)10(15)8-4-3-7(6-14)5-9(8)13(18)19/h3-6,10-11,15-16H,2H2,1H3. The quantitative estimate of drug-likeness (QED) is 0.334.